The smallest absolute Gasteiger partial charge is 0.256 e. The highest BCUT2D eigenvalue weighted by Crippen LogP contribution is 2.27. The molecule has 0 aliphatic carbocycles. The van der Waals surface area contributed by atoms with Crippen LogP contribution < -0.4 is 10.1 Å². The lowest BCUT2D eigenvalue weighted by atomic mass is 9.98. The topological polar surface area (TPSA) is 81.2 Å². The van der Waals surface area contributed by atoms with E-state index in [1.165, 1.54) is 0 Å². The number of ether oxygens (including phenoxy) is 1. The van der Waals surface area contributed by atoms with Crippen molar-refractivity contribution < 1.29 is 14.3 Å². The zero-order chi connectivity index (χ0) is 23.4. The summed E-state index contributed by atoms with van der Waals surface area (Å²) in [7, 11) is 0. The monoisotopic (exact) mass is 439 g/mol. The average molecular weight is 440 g/mol. The van der Waals surface area contributed by atoms with Gasteiger partial charge in [0, 0.05) is 34.6 Å². The molecule has 4 aromatic rings. The van der Waals surface area contributed by atoms with Crippen LogP contribution in [0, 0.1) is 12.3 Å². The van der Waals surface area contributed by atoms with Crippen molar-refractivity contribution in [1.29, 1.82) is 0 Å². The first-order valence-corrected chi connectivity index (χ1v) is 10.7. The highest BCUT2D eigenvalue weighted by Gasteiger charge is 2.18. The number of anilines is 1. The molecule has 0 saturated carbocycles. The number of carbonyl (C=O) groups excluding carboxylic acids is 2. The van der Waals surface area contributed by atoms with Gasteiger partial charge in [0.25, 0.3) is 5.91 Å². The predicted octanol–water partition coefficient (Wildman–Crippen LogP) is 5.46. The molecule has 6 nitrogen and oxygen atoms in total. The number of benzene rings is 2. The molecule has 0 unspecified atom stereocenters. The van der Waals surface area contributed by atoms with Crippen LogP contribution in [0.2, 0.25) is 0 Å². The molecular formula is C27H25N3O3. The number of nitrogens with zero attached hydrogens (tertiary/aromatic N) is 2. The fourth-order valence-corrected chi connectivity index (χ4v) is 3.38. The van der Waals surface area contributed by atoms with Gasteiger partial charge in [-0.2, -0.15) is 0 Å². The Balaban J connectivity index is 1.59. The largest absolute Gasteiger partial charge is 0.477 e. The maximum Gasteiger partial charge on any atom is 0.256 e. The van der Waals surface area contributed by atoms with E-state index < -0.39 is 5.41 Å². The number of fused-ring (bicyclic) bond motifs is 1. The van der Waals surface area contributed by atoms with Crippen LogP contribution in [0.3, 0.4) is 0 Å². The number of pyridine rings is 2. The van der Waals surface area contributed by atoms with Gasteiger partial charge in [-0.25, -0.2) is 4.98 Å². The standard InChI is InChI=1S/C27H25N3O3/c1-18-13-23(26(32)30-21-7-5-4-6-8-21)22-11-9-19(14-24(22)29-18)20-10-12-25(28-15-20)33-17-27(2,3)16-31/h4-16H,17H2,1-3H3,(H,30,32). The molecule has 0 saturated heterocycles. The summed E-state index contributed by atoms with van der Waals surface area (Å²) in [6.07, 6.45) is 2.60. The first-order chi connectivity index (χ1) is 15.8. The number of aryl methyl sites for hydroxylation is 1. The first kappa shape index (κ1) is 22.1. The first-order valence-electron chi connectivity index (χ1n) is 10.7. The molecule has 4 rings (SSSR count). The van der Waals surface area contributed by atoms with E-state index in [2.05, 4.69) is 15.3 Å². The van der Waals surface area contributed by atoms with Crippen molar-refractivity contribution in [1.82, 2.24) is 9.97 Å². The summed E-state index contributed by atoms with van der Waals surface area (Å²) in [6, 6.07) is 20.7. The number of hydrogen-bond acceptors (Lipinski definition) is 5. The van der Waals surface area contributed by atoms with Crippen LogP contribution in [0.4, 0.5) is 5.69 Å². The van der Waals surface area contributed by atoms with Gasteiger partial charge in [0.15, 0.2) is 0 Å². The molecule has 0 bridgehead atoms. The molecule has 1 N–H and O–H groups in total. The van der Waals surface area contributed by atoms with Crippen LogP contribution in [0.25, 0.3) is 22.0 Å². The van der Waals surface area contributed by atoms with Crippen LogP contribution in [0.15, 0.2) is 72.9 Å². The Bertz CT molecular complexity index is 1300. The number of aromatic nitrogens is 2. The van der Waals surface area contributed by atoms with Crippen molar-refractivity contribution in [3.05, 3.63) is 84.2 Å². The quantitative estimate of drug-likeness (QED) is 0.387. The number of aldehydes is 1. The van der Waals surface area contributed by atoms with Gasteiger partial charge in [-0.1, -0.05) is 30.3 Å². The molecule has 0 atom stereocenters. The van der Waals surface area contributed by atoms with E-state index in [4.69, 9.17) is 4.74 Å². The third-order valence-electron chi connectivity index (χ3n) is 5.19. The normalized spacial score (nSPS) is 11.2. The van der Waals surface area contributed by atoms with E-state index in [1.807, 2.05) is 75.4 Å². The fourth-order valence-electron chi connectivity index (χ4n) is 3.38. The fraction of sp³-hybridized carbons (Fsp3) is 0.185. The second-order valence-electron chi connectivity index (χ2n) is 8.64. The van der Waals surface area contributed by atoms with Crippen molar-refractivity contribution in [3.8, 4) is 17.0 Å². The summed E-state index contributed by atoms with van der Waals surface area (Å²) in [6.45, 7) is 5.76. The molecule has 0 aliphatic rings. The number of rotatable bonds is 7. The van der Waals surface area contributed by atoms with Crippen LogP contribution in [-0.2, 0) is 4.79 Å². The van der Waals surface area contributed by atoms with Gasteiger partial charge in [0.2, 0.25) is 5.88 Å². The van der Waals surface area contributed by atoms with E-state index in [0.29, 0.717) is 11.4 Å². The summed E-state index contributed by atoms with van der Waals surface area (Å²) < 4.78 is 5.63. The Morgan fingerprint density at radius 1 is 1.03 bits per heavy atom. The summed E-state index contributed by atoms with van der Waals surface area (Å²) in [4.78, 5) is 33.0. The molecule has 1 amide bonds. The summed E-state index contributed by atoms with van der Waals surface area (Å²) >= 11 is 0. The molecule has 33 heavy (non-hydrogen) atoms. The zero-order valence-corrected chi connectivity index (χ0v) is 18.8. The van der Waals surface area contributed by atoms with Crippen molar-refractivity contribution in [2.24, 2.45) is 5.41 Å². The molecule has 6 heteroatoms. The zero-order valence-electron chi connectivity index (χ0n) is 18.8. The third-order valence-corrected chi connectivity index (χ3v) is 5.19. The minimum Gasteiger partial charge on any atom is -0.477 e. The van der Waals surface area contributed by atoms with E-state index in [0.717, 1.165) is 39.7 Å². The molecule has 0 fully saturated rings. The molecule has 0 aliphatic heterocycles. The molecule has 0 spiro atoms. The van der Waals surface area contributed by atoms with Gasteiger partial charge in [0.1, 0.15) is 12.9 Å². The highest BCUT2D eigenvalue weighted by atomic mass is 16.5. The summed E-state index contributed by atoms with van der Waals surface area (Å²) in [5.74, 6) is 0.286. The van der Waals surface area contributed by atoms with Gasteiger partial charge >= 0.3 is 0 Å². The number of carbonyl (C=O) groups is 2. The third kappa shape index (κ3) is 5.23. The van der Waals surface area contributed by atoms with Crippen molar-refractivity contribution >= 4 is 28.8 Å². The van der Waals surface area contributed by atoms with Crippen LogP contribution >= 0.6 is 0 Å². The second-order valence-corrected chi connectivity index (χ2v) is 8.64. The number of para-hydroxylation sites is 1. The lowest BCUT2D eigenvalue weighted by Gasteiger charge is -2.16. The Morgan fingerprint density at radius 2 is 1.79 bits per heavy atom. The summed E-state index contributed by atoms with van der Waals surface area (Å²) in [5, 5.41) is 3.72. The number of nitrogens with one attached hydrogen (secondary N) is 1. The lowest BCUT2D eigenvalue weighted by Crippen LogP contribution is -2.22. The van der Waals surface area contributed by atoms with Gasteiger partial charge in [-0.05, 0) is 56.7 Å². The van der Waals surface area contributed by atoms with E-state index in [9.17, 15) is 9.59 Å². The minimum absolute atomic E-state index is 0.175. The highest BCUT2D eigenvalue weighted by molar-refractivity contribution is 6.12. The average Bonchev–Trinajstić information content (AvgIpc) is 2.83. The Labute approximate surface area is 192 Å². The molecule has 2 aromatic carbocycles. The Morgan fingerprint density at radius 3 is 2.48 bits per heavy atom. The van der Waals surface area contributed by atoms with Gasteiger partial charge in [-0.15, -0.1) is 0 Å². The van der Waals surface area contributed by atoms with Crippen molar-refractivity contribution in [2.75, 3.05) is 11.9 Å². The predicted molar refractivity (Wildman–Crippen MR) is 129 cm³/mol. The molecule has 166 valence electrons. The van der Waals surface area contributed by atoms with Gasteiger partial charge in [0.05, 0.1) is 16.5 Å². The van der Waals surface area contributed by atoms with Crippen molar-refractivity contribution in [2.45, 2.75) is 20.8 Å². The molecule has 2 heterocycles. The maximum absolute atomic E-state index is 12.9. The number of amides is 1. The van der Waals surface area contributed by atoms with Crippen LogP contribution in [-0.4, -0.2) is 28.8 Å². The van der Waals surface area contributed by atoms with E-state index in [1.54, 1.807) is 18.3 Å². The second kappa shape index (κ2) is 9.20. The maximum atomic E-state index is 12.9. The Hall–Kier alpha value is -4.06. The lowest BCUT2D eigenvalue weighted by molar-refractivity contribution is -0.116. The van der Waals surface area contributed by atoms with Crippen molar-refractivity contribution in [3.63, 3.8) is 0 Å². The van der Waals surface area contributed by atoms with Gasteiger partial charge in [-0.3, -0.25) is 9.78 Å². The molecule has 2 aromatic heterocycles. The summed E-state index contributed by atoms with van der Waals surface area (Å²) in [5.41, 5.74) is 4.09. The Kier molecular flexibility index (Phi) is 6.18. The van der Waals surface area contributed by atoms with E-state index in [-0.39, 0.29) is 12.5 Å². The van der Waals surface area contributed by atoms with E-state index >= 15 is 0 Å². The number of hydrogen-bond donors (Lipinski definition) is 1. The van der Waals surface area contributed by atoms with Gasteiger partial charge < -0.3 is 14.8 Å². The minimum atomic E-state index is -0.563. The molecule has 0 radical (unpaired) electrons. The van der Waals surface area contributed by atoms with Crippen LogP contribution in [0.1, 0.15) is 29.9 Å². The van der Waals surface area contributed by atoms with Crippen LogP contribution in [0.5, 0.6) is 5.88 Å². The molecular weight excluding hydrogens is 414 g/mol. The SMILES string of the molecule is Cc1cc(C(=O)Nc2ccccc2)c2ccc(-c3ccc(OCC(C)(C)C=O)nc3)cc2n1.